The normalized spacial score (nSPS) is 23.5. The van der Waals surface area contributed by atoms with Crippen molar-refractivity contribution in [2.45, 2.75) is 77.7 Å². The third-order valence-corrected chi connectivity index (χ3v) is 5.23. The van der Waals surface area contributed by atoms with Crippen LogP contribution in [0.3, 0.4) is 0 Å². The van der Waals surface area contributed by atoms with Crippen LogP contribution in [0.15, 0.2) is 0 Å². The van der Waals surface area contributed by atoms with Gasteiger partial charge in [0.1, 0.15) is 0 Å². The van der Waals surface area contributed by atoms with E-state index in [2.05, 4.69) is 19.2 Å². The monoisotopic (exact) mass is 267 g/mol. The lowest BCUT2D eigenvalue weighted by atomic mass is 9.71. The smallest absolute Gasteiger partial charge is 0.0591 e. The average molecular weight is 267 g/mol. The van der Waals surface area contributed by atoms with Gasteiger partial charge in [-0.2, -0.15) is 0 Å². The largest absolute Gasteiger partial charge is 0.380 e. The van der Waals surface area contributed by atoms with Gasteiger partial charge in [-0.15, -0.1) is 0 Å². The highest BCUT2D eigenvalue weighted by Crippen LogP contribution is 2.48. The van der Waals surface area contributed by atoms with E-state index in [-0.39, 0.29) is 0 Å². The third kappa shape index (κ3) is 5.07. The fourth-order valence-electron chi connectivity index (χ4n) is 3.82. The van der Waals surface area contributed by atoms with Crippen LogP contribution in [0.1, 0.15) is 71.6 Å². The van der Waals surface area contributed by atoms with Crippen molar-refractivity contribution in [1.82, 2.24) is 5.32 Å². The molecule has 2 fully saturated rings. The van der Waals surface area contributed by atoms with Crippen LogP contribution in [0.2, 0.25) is 0 Å². The molecule has 0 aromatic rings. The maximum atomic E-state index is 5.67. The van der Waals surface area contributed by atoms with Gasteiger partial charge in [0, 0.05) is 19.2 Å². The summed E-state index contributed by atoms with van der Waals surface area (Å²) in [5.41, 5.74) is 0.770. The van der Waals surface area contributed by atoms with E-state index < -0.39 is 0 Å². The van der Waals surface area contributed by atoms with Crippen LogP contribution in [0, 0.1) is 11.3 Å². The summed E-state index contributed by atoms with van der Waals surface area (Å²) in [5.74, 6) is 0.758. The van der Waals surface area contributed by atoms with Crippen LogP contribution >= 0.6 is 0 Å². The molecule has 1 spiro atoms. The molecule has 0 unspecified atom stereocenters. The highest BCUT2D eigenvalue weighted by atomic mass is 16.5. The summed E-state index contributed by atoms with van der Waals surface area (Å²) in [6.07, 6.45) is 12.9. The molecule has 2 saturated carbocycles. The molecule has 1 N–H and O–H groups in total. The molecule has 0 aromatic carbocycles. The van der Waals surface area contributed by atoms with Gasteiger partial charge in [-0.25, -0.2) is 0 Å². The summed E-state index contributed by atoms with van der Waals surface area (Å²) < 4.78 is 5.67. The van der Waals surface area contributed by atoms with E-state index in [0.717, 1.165) is 37.1 Å². The van der Waals surface area contributed by atoms with E-state index in [9.17, 15) is 0 Å². The standard InChI is InChI=1S/C17H33NO/c1-15(2)7-13-19-14-12-18-16-5-10-17(11-6-16)8-3-4-9-17/h15-16,18H,3-14H2,1-2H3. The first kappa shape index (κ1) is 15.3. The lowest BCUT2D eigenvalue weighted by Gasteiger charge is -2.37. The van der Waals surface area contributed by atoms with Crippen molar-refractivity contribution in [3.05, 3.63) is 0 Å². The Balaban J connectivity index is 1.49. The molecular formula is C17H33NO. The average Bonchev–Trinajstić information content (AvgIpc) is 2.84. The fourth-order valence-corrected chi connectivity index (χ4v) is 3.82. The van der Waals surface area contributed by atoms with Gasteiger partial charge in [0.15, 0.2) is 0 Å². The summed E-state index contributed by atoms with van der Waals surface area (Å²) in [5, 5.41) is 3.69. The molecule has 0 amide bonds. The molecule has 0 aliphatic heterocycles. The Bertz CT molecular complexity index is 236. The van der Waals surface area contributed by atoms with Crippen molar-refractivity contribution >= 4 is 0 Å². The van der Waals surface area contributed by atoms with Gasteiger partial charge < -0.3 is 10.1 Å². The minimum atomic E-state index is 0.758. The predicted molar refractivity (Wildman–Crippen MR) is 81.4 cm³/mol. The topological polar surface area (TPSA) is 21.3 Å². The zero-order valence-corrected chi connectivity index (χ0v) is 13.0. The summed E-state index contributed by atoms with van der Waals surface area (Å²) >= 11 is 0. The van der Waals surface area contributed by atoms with Crippen LogP contribution in [0.5, 0.6) is 0 Å². The first-order valence-electron chi connectivity index (χ1n) is 8.51. The van der Waals surface area contributed by atoms with E-state index in [1.54, 1.807) is 0 Å². The molecule has 0 atom stereocenters. The van der Waals surface area contributed by atoms with Crippen LogP contribution < -0.4 is 5.32 Å². The summed E-state index contributed by atoms with van der Waals surface area (Å²) in [6.45, 7) is 7.35. The Morgan fingerprint density at radius 2 is 1.74 bits per heavy atom. The lowest BCUT2D eigenvalue weighted by molar-refractivity contribution is 0.116. The number of hydrogen-bond acceptors (Lipinski definition) is 2. The Morgan fingerprint density at radius 1 is 1.05 bits per heavy atom. The Labute approximate surface area is 119 Å². The first-order valence-corrected chi connectivity index (χ1v) is 8.51. The van der Waals surface area contributed by atoms with Crippen molar-refractivity contribution in [1.29, 1.82) is 0 Å². The van der Waals surface area contributed by atoms with Gasteiger partial charge in [0.25, 0.3) is 0 Å². The molecule has 0 radical (unpaired) electrons. The quantitative estimate of drug-likeness (QED) is 0.700. The van der Waals surface area contributed by atoms with Crippen LogP contribution in [-0.2, 0) is 4.74 Å². The van der Waals surface area contributed by atoms with Gasteiger partial charge in [-0.05, 0) is 56.3 Å². The van der Waals surface area contributed by atoms with E-state index in [1.165, 1.54) is 57.8 Å². The second-order valence-corrected chi connectivity index (χ2v) is 7.23. The first-order chi connectivity index (χ1) is 9.20. The molecule has 2 aliphatic carbocycles. The molecule has 19 heavy (non-hydrogen) atoms. The van der Waals surface area contributed by atoms with Crippen molar-refractivity contribution in [2.24, 2.45) is 11.3 Å². The summed E-state index contributed by atoms with van der Waals surface area (Å²) in [4.78, 5) is 0. The minimum Gasteiger partial charge on any atom is -0.380 e. The summed E-state index contributed by atoms with van der Waals surface area (Å²) in [6, 6.07) is 0.764. The second kappa shape index (κ2) is 7.64. The van der Waals surface area contributed by atoms with Crippen LogP contribution in [-0.4, -0.2) is 25.8 Å². The van der Waals surface area contributed by atoms with Gasteiger partial charge >= 0.3 is 0 Å². The lowest BCUT2D eigenvalue weighted by Crippen LogP contribution is -2.38. The highest BCUT2D eigenvalue weighted by molar-refractivity contribution is 4.91. The molecule has 112 valence electrons. The van der Waals surface area contributed by atoms with Crippen molar-refractivity contribution in [3.63, 3.8) is 0 Å². The summed E-state index contributed by atoms with van der Waals surface area (Å²) in [7, 11) is 0. The highest BCUT2D eigenvalue weighted by Gasteiger charge is 2.37. The molecule has 2 rings (SSSR count). The van der Waals surface area contributed by atoms with Crippen molar-refractivity contribution in [2.75, 3.05) is 19.8 Å². The fraction of sp³-hybridized carbons (Fsp3) is 1.00. The van der Waals surface area contributed by atoms with Crippen LogP contribution in [0.25, 0.3) is 0 Å². The maximum absolute atomic E-state index is 5.67. The Kier molecular flexibility index (Phi) is 6.15. The minimum absolute atomic E-state index is 0.758. The maximum Gasteiger partial charge on any atom is 0.0591 e. The van der Waals surface area contributed by atoms with Crippen molar-refractivity contribution < 1.29 is 4.74 Å². The Morgan fingerprint density at radius 3 is 2.37 bits per heavy atom. The molecule has 2 aliphatic rings. The number of hydrogen-bond donors (Lipinski definition) is 1. The number of ether oxygens (including phenoxy) is 1. The zero-order chi connectivity index (χ0) is 13.6. The Hall–Kier alpha value is -0.0800. The second-order valence-electron chi connectivity index (χ2n) is 7.23. The molecular weight excluding hydrogens is 234 g/mol. The number of nitrogens with one attached hydrogen (secondary N) is 1. The SMILES string of the molecule is CC(C)CCOCCNC1CCC2(CCCC2)CC1. The molecule has 0 aromatic heterocycles. The van der Waals surface area contributed by atoms with E-state index in [1.807, 2.05) is 0 Å². The molecule has 0 saturated heterocycles. The number of rotatable bonds is 7. The van der Waals surface area contributed by atoms with E-state index in [4.69, 9.17) is 4.74 Å². The van der Waals surface area contributed by atoms with Gasteiger partial charge in [-0.1, -0.05) is 26.7 Å². The third-order valence-electron chi connectivity index (χ3n) is 5.23. The van der Waals surface area contributed by atoms with Gasteiger partial charge in [0.05, 0.1) is 6.61 Å². The molecule has 0 heterocycles. The molecule has 2 nitrogen and oxygen atoms in total. The van der Waals surface area contributed by atoms with Gasteiger partial charge in [0.2, 0.25) is 0 Å². The van der Waals surface area contributed by atoms with Crippen molar-refractivity contribution in [3.8, 4) is 0 Å². The predicted octanol–water partition coefficient (Wildman–Crippen LogP) is 4.14. The van der Waals surface area contributed by atoms with Crippen LogP contribution in [0.4, 0.5) is 0 Å². The van der Waals surface area contributed by atoms with E-state index >= 15 is 0 Å². The van der Waals surface area contributed by atoms with Gasteiger partial charge in [-0.3, -0.25) is 0 Å². The van der Waals surface area contributed by atoms with E-state index in [0.29, 0.717) is 0 Å². The molecule has 0 bridgehead atoms. The zero-order valence-electron chi connectivity index (χ0n) is 13.0. The molecule has 2 heteroatoms.